The first-order chi connectivity index (χ1) is 15.2. The zero-order valence-corrected chi connectivity index (χ0v) is 19.4. The number of ketones is 1. The molecule has 2 aliphatic carbocycles. The molecular formula is C26H33NO5. The number of benzene rings is 1. The fourth-order valence-corrected chi connectivity index (χ4v) is 5.43. The quantitative estimate of drug-likeness (QED) is 0.660. The van der Waals surface area contributed by atoms with E-state index < -0.39 is 11.8 Å². The van der Waals surface area contributed by atoms with Crippen molar-refractivity contribution in [2.45, 2.75) is 77.7 Å². The molecule has 1 aliphatic heterocycles. The molecular weight excluding hydrogens is 406 g/mol. The van der Waals surface area contributed by atoms with Crippen LogP contribution in [-0.4, -0.2) is 35.8 Å². The Labute approximate surface area is 189 Å². The molecule has 6 nitrogen and oxygen atoms in total. The van der Waals surface area contributed by atoms with Crippen molar-refractivity contribution >= 4 is 17.5 Å². The Kier molecular flexibility index (Phi) is 6.15. The van der Waals surface area contributed by atoms with E-state index in [-0.39, 0.29) is 29.0 Å². The van der Waals surface area contributed by atoms with Gasteiger partial charge < -0.3 is 14.6 Å². The minimum absolute atomic E-state index is 0.0169. The van der Waals surface area contributed by atoms with Crippen molar-refractivity contribution in [2.24, 2.45) is 16.3 Å². The highest BCUT2D eigenvalue weighted by Crippen LogP contribution is 2.49. The standard InChI is InChI=1S/C26H33NO5/c1-15-22(25(30)32-17-8-6-5-7-9-17)23(16-10-11-21(31-4)19(28)12-16)24-18(27-15)13-26(2,3)14-20(24)29/h10-12,17,22-23,28H,5-9,13-14H2,1-4H3/t22?,23-/m0/s1. The smallest absolute Gasteiger partial charge is 0.315 e. The zero-order valence-electron chi connectivity index (χ0n) is 19.4. The first-order valence-electron chi connectivity index (χ1n) is 11.6. The summed E-state index contributed by atoms with van der Waals surface area (Å²) in [5.41, 5.74) is 2.52. The van der Waals surface area contributed by atoms with Crippen LogP contribution in [0.1, 0.15) is 77.2 Å². The molecule has 1 saturated carbocycles. The predicted octanol–water partition coefficient (Wildman–Crippen LogP) is 5.09. The number of phenols is 1. The van der Waals surface area contributed by atoms with Gasteiger partial charge in [0.25, 0.3) is 0 Å². The number of esters is 1. The van der Waals surface area contributed by atoms with Crippen LogP contribution in [0.4, 0.5) is 0 Å². The minimum Gasteiger partial charge on any atom is -0.504 e. The van der Waals surface area contributed by atoms with Gasteiger partial charge in [-0.3, -0.25) is 14.6 Å². The SMILES string of the molecule is COc1ccc([C@@H]2C3=C(CC(C)(C)CC3=O)N=C(C)C2C(=O)OC2CCCCC2)cc1O. The van der Waals surface area contributed by atoms with Crippen molar-refractivity contribution in [1.82, 2.24) is 0 Å². The predicted molar refractivity (Wildman–Crippen MR) is 122 cm³/mol. The highest BCUT2D eigenvalue weighted by molar-refractivity contribution is 6.09. The maximum atomic E-state index is 13.5. The number of ether oxygens (including phenoxy) is 2. The second-order valence-electron chi connectivity index (χ2n) is 10.1. The second-order valence-corrected chi connectivity index (χ2v) is 10.1. The van der Waals surface area contributed by atoms with Crippen molar-refractivity contribution < 1.29 is 24.2 Å². The minimum atomic E-state index is -0.686. The number of methoxy groups -OCH3 is 1. The highest BCUT2D eigenvalue weighted by atomic mass is 16.5. The van der Waals surface area contributed by atoms with Gasteiger partial charge in [-0.1, -0.05) is 26.3 Å². The third-order valence-corrected chi connectivity index (χ3v) is 6.95. The van der Waals surface area contributed by atoms with Crippen LogP contribution in [0.3, 0.4) is 0 Å². The lowest BCUT2D eigenvalue weighted by Crippen LogP contribution is -2.40. The number of rotatable bonds is 4. The molecule has 2 atom stereocenters. The Morgan fingerprint density at radius 2 is 1.88 bits per heavy atom. The summed E-state index contributed by atoms with van der Waals surface area (Å²) in [6, 6.07) is 5.09. The summed E-state index contributed by atoms with van der Waals surface area (Å²) in [5, 5.41) is 10.4. The summed E-state index contributed by atoms with van der Waals surface area (Å²) >= 11 is 0. The number of aromatic hydroxyl groups is 1. The van der Waals surface area contributed by atoms with Crippen molar-refractivity contribution in [2.75, 3.05) is 7.11 Å². The number of hydrogen-bond acceptors (Lipinski definition) is 6. The first kappa shape index (κ1) is 22.6. The molecule has 0 spiro atoms. The number of nitrogens with zero attached hydrogens (tertiary/aromatic N) is 1. The van der Waals surface area contributed by atoms with E-state index >= 15 is 0 Å². The second kappa shape index (κ2) is 8.72. The third kappa shape index (κ3) is 4.32. The van der Waals surface area contributed by atoms with Gasteiger partial charge in [0.2, 0.25) is 0 Å². The van der Waals surface area contributed by atoms with Crippen LogP contribution in [0.2, 0.25) is 0 Å². The summed E-state index contributed by atoms with van der Waals surface area (Å²) in [5.74, 6) is -1.20. The van der Waals surface area contributed by atoms with Gasteiger partial charge >= 0.3 is 5.97 Å². The van der Waals surface area contributed by atoms with Gasteiger partial charge in [-0.2, -0.15) is 0 Å². The molecule has 1 aromatic rings. The number of aliphatic imine (C=N–C) groups is 1. The molecule has 1 unspecified atom stereocenters. The van der Waals surface area contributed by atoms with Gasteiger partial charge in [0.1, 0.15) is 12.0 Å². The Hall–Kier alpha value is -2.63. The van der Waals surface area contributed by atoms with Crippen LogP contribution in [0.5, 0.6) is 11.5 Å². The van der Waals surface area contributed by atoms with Crippen molar-refractivity contribution in [3.05, 3.63) is 35.0 Å². The summed E-state index contributed by atoms with van der Waals surface area (Å²) in [4.78, 5) is 31.6. The van der Waals surface area contributed by atoms with E-state index in [0.717, 1.165) is 31.4 Å². The van der Waals surface area contributed by atoms with Crippen LogP contribution >= 0.6 is 0 Å². The molecule has 32 heavy (non-hydrogen) atoms. The van der Waals surface area contributed by atoms with E-state index in [0.29, 0.717) is 35.4 Å². The molecule has 0 radical (unpaired) electrons. The number of Topliss-reactive ketones (excluding diaryl/α,β-unsaturated/α-hetero) is 1. The van der Waals surface area contributed by atoms with E-state index in [2.05, 4.69) is 13.8 Å². The van der Waals surface area contributed by atoms with E-state index in [9.17, 15) is 14.7 Å². The Morgan fingerprint density at radius 3 is 2.53 bits per heavy atom. The van der Waals surface area contributed by atoms with Gasteiger partial charge in [0, 0.05) is 29.3 Å². The van der Waals surface area contributed by atoms with Gasteiger partial charge in [-0.05, 0) is 62.1 Å². The van der Waals surface area contributed by atoms with E-state index in [1.165, 1.54) is 13.5 Å². The summed E-state index contributed by atoms with van der Waals surface area (Å²) in [6.45, 7) is 5.98. The number of carbonyl (C=O) groups excluding carboxylic acids is 2. The Bertz CT molecular complexity index is 984. The molecule has 6 heteroatoms. The molecule has 0 aromatic heterocycles. The van der Waals surface area contributed by atoms with E-state index in [4.69, 9.17) is 14.5 Å². The fourth-order valence-electron chi connectivity index (χ4n) is 5.43. The average molecular weight is 440 g/mol. The van der Waals surface area contributed by atoms with Crippen LogP contribution in [0.25, 0.3) is 0 Å². The highest BCUT2D eigenvalue weighted by Gasteiger charge is 2.46. The first-order valence-corrected chi connectivity index (χ1v) is 11.6. The average Bonchev–Trinajstić information content (AvgIpc) is 2.72. The Morgan fingerprint density at radius 1 is 1.16 bits per heavy atom. The van der Waals surface area contributed by atoms with Gasteiger partial charge in [0.05, 0.1) is 7.11 Å². The normalized spacial score (nSPS) is 25.8. The van der Waals surface area contributed by atoms with Gasteiger partial charge in [-0.15, -0.1) is 0 Å². The Balaban J connectivity index is 1.77. The summed E-state index contributed by atoms with van der Waals surface area (Å²) < 4.78 is 11.1. The number of hydrogen-bond donors (Lipinski definition) is 1. The van der Waals surface area contributed by atoms with Gasteiger partial charge in [-0.25, -0.2) is 0 Å². The zero-order chi connectivity index (χ0) is 23.0. The van der Waals surface area contributed by atoms with Crippen LogP contribution in [0, 0.1) is 11.3 Å². The van der Waals surface area contributed by atoms with Gasteiger partial charge in [0.15, 0.2) is 17.3 Å². The maximum Gasteiger partial charge on any atom is 0.315 e. The monoisotopic (exact) mass is 439 g/mol. The third-order valence-electron chi connectivity index (χ3n) is 6.95. The van der Waals surface area contributed by atoms with Crippen LogP contribution in [0.15, 0.2) is 34.5 Å². The molecule has 0 amide bonds. The number of allylic oxidation sites excluding steroid dienone is 2. The summed E-state index contributed by atoms with van der Waals surface area (Å²) in [6.07, 6.45) is 6.06. The van der Waals surface area contributed by atoms with E-state index in [1.54, 1.807) is 12.1 Å². The van der Waals surface area contributed by atoms with Crippen molar-refractivity contribution in [1.29, 1.82) is 0 Å². The largest absolute Gasteiger partial charge is 0.504 e. The molecule has 1 N–H and O–H groups in total. The lowest BCUT2D eigenvalue weighted by molar-refractivity contribution is -0.153. The molecule has 1 aromatic carbocycles. The molecule has 0 bridgehead atoms. The molecule has 0 saturated heterocycles. The maximum absolute atomic E-state index is 13.5. The number of phenolic OH excluding ortho intramolecular Hbond substituents is 1. The lowest BCUT2D eigenvalue weighted by Gasteiger charge is -2.39. The van der Waals surface area contributed by atoms with Crippen LogP contribution in [-0.2, 0) is 14.3 Å². The molecule has 172 valence electrons. The lowest BCUT2D eigenvalue weighted by atomic mass is 9.67. The molecule has 3 aliphatic rings. The van der Waals surface area contributed by atoms with E-state index in [1.807, 2.05) is 13.0 Å². The topological polar surface area (TPSA) is 85.2 Å². The van der Waals surface area contributed by atoms with Crippen molar-refractivity contribution in [3.63, 3.8) is 0 Å². The molecule has 4 rings (SSSR count). The molecule has 1 heterocycles. The molecule has 1 fully saturated rings. The fraction of sp³-hybridized carbons (Fsp3) is 0.577. The van der Waals surface area contributed by atoms with Crippen molar-refractivity contribution in [3.8, 4) is 11.5 Å². The van der Waals surface area contributed by atoms with Crippen LogP contribution < -0.4 is 4.74 Å². The number of carbonyl (C=O) groups is 2. The summed E-state index contributed by atoms with van der Waals surface area (Å²) in [7, 11) is 1.49.